The number of hydrogen-bond donors (Lipinski definition) is 0. The maximum Gasteiger partial charge on any atom is 0.123 e. The molecule has 10 heavy (non-hydrogen) atoms. The van der Waals surface area contributed by atoms with Gasteiger partial charge in [0.2, 0.25) is 0 Å². The molecule has 0 spiro atoms. The lowest BCUT2D eigenvalue weighted by Crippen LogP contribution is -1.63. The minimum atomic E-state index is -0.178. The summed E-state index contributed by atoms with van der Waals surface area (Å²) in [7, 11) is 0. The molecule has 0 atom stereocenters. The first-order valence-corrected chi connectivity index (χ1v) is 4.69. The van der Waals surface area contributed by atoms with Crippen molar-refractivity contribution in [3.63, 3.8) is 0 Å². The van der Waals surface area contributed by atoms with Gasteiger partial charge in [-0.15, -0.1) is 11.6 Å². The van der Waals surface area contributed by atoms with E-state index in [0.29, 0.717) is 3.89 Å². The molecule has 0 amide bonds. The third-order valence-electron chi connectivity index (χ3n) is 0.733. The molecule has 0 aromatic heterocycles. The summed E-state index contributed by atoms with van der Waals surface area (Å²) in [5.74, 6) is -0.178. The maximum absolute atomic E-state index is 11.9. The zero-order valence-corrected chi connectivity index (χ0v) is 8.14. The van der Waals surface area contributed by atoms with Crippen molar-refractivity contribution in [1.82, 2.24) is 0 Å². The predicted octanol–water partition coefficient (Wildman–Crippen LogP) is 3.44. The molecule has 0 aliphatic rings. The van der Waals surface area contributed by atoms with Gasteiger partial charge in [-0.05, 0) is 12.1 Å². The summed E-state index contributed by atoms with van der Waals surface area (Å²) in [4.78, 5) is 0. The van der Waals surface area contributed by atoms with E-state index in [2.05, 4.69) is 22.6 Å². The summed E-state index contributed by atoms with van der Waals surface area (Å²) in [6.07, 6.45) is 0. The van der Waals surface area contributed by atoms with Crippen molar-refractivity contribution in [2.24, 2.45) is 0 Å². The van der Waals surface area contributed by atoms with Crippen molar-refractivity contribution in [3.05, 3.63) is 36.1 Å². The van der Waals surface area contributed by atoms with Gasteiger partial charge >= 0.3 is 0 Å². The van der Waals surface area contributed by atoms with Crippen LogP contribution in [-0.4, -0.2) is 3.89 Å². The molecule has 0 heterocycles. The fourth-order valence-corrected chi connectivity index (χ4v) is 0.415. The van der Waals surface area contributed by atoms with Crippen LogP contribution in [0.25, 0.3) is 0 Å². The largest absolute Gasteiger partial charge is 0.207 e. The number of alkyl halides is 2. The van der Waals surface area contributed by atoms with Crippen LogP contribution < -0.4 is 0 Å². The van der Waals surface area contributed by atoms with Crippen LogP contribution >= 0.6 is 34.2 Å². The second kappa shape index (κ2) is 7.28. The fraction of sp³-hybridized carbons (Fsp3) is 0.143. The second-order valence-corrected chi connectivity index (χ2v) is 3.33. The predicted molar refractivity (Wildman–Crippen MR) is 51.1 cm³/mol. The highest BCUT2D eigenvalue weighted by Gasteiger charge is 1.77. The minimum Gasteiger partial charge on any atom is -0.207 e. The van der Waals surface area contributed by atoms with Gasteiger partial charge in [0, 0.05) is 0 Å². The lowest BCUT2D eigenvalue weighted by Gasteiger charge is -1.78. The molecule has 56 valence electrons. The average molecular weight is 272 g/mol. The molecule has 0 fully saturated rings. The molecular weight excluding hydrogens is 265 g/mol. The molecular formula is C7H7ClFI. The Labute approximate surface area is 78.5 Å². The molecule has 0 radical (unpaired) electrons. The summed E-state index contributed by atoms with van der Waals surface area (Å²) in [5.41, 5.74) is 0. The van der Waals surface area contributed by atoms with E-state index in [0.717, 1.165) is 0 Å². The van der Waals surface area contributed by atoms with E-state index in [9.17, 15) is 4.39 Å². The Bertz CT molecular complexity index is 155. The molecule has 0 aliphatic heterocycles. The molecule has 0 aliphatic carbocycles. The zero-order valence-electron chi connectivity index (χ0n) is 5.23. The molecule has 0 saturated heterocycles. The van der Waals surface area contributed by atoms with Crippen LogP contribution in [0.5, 0.6) is 0 Å². The van der Waals surface area contributed by atoms with Gasteiger partial charge in [0.05, 0.1) is 3.89 Å². The lowest BCUT2D eigenvalue weighted by atomic mass is 10.4. The Hall–Kier alpha value is 0.170. The third kappa shape index (κ3) is 6.29. The summed E-state index contributed by atoms with van der Waals surface area (Å²) < 4.78 is 12.6. The Balaban J connectivity index is 0.000000236. The molecule has 0 bridgehead atoms. The highest BCUT2D eigenvalue weighted by atomic mass is 127. The lowest BCUT2D eigenvalue weighted by molar-refractivity contribution is 0.628. The Morgan fingerprint density at radius 3 is 1.90 bits per heavy atom. The van der Waals surface area contributed by atoms with Gasteiger partial charge in [0.25, 0.3) is 0 Å². The molecule has 3 heteroatoms. The highest BCUT2D eigenvalue weighted by Crippen LogP contribution is 1.91. The van der Waals surface area contributed by atoms with E-state index in [4.69, 9.17) is 11.6 Å². The Morgan fingerprint density at radius 2 is 1.70 bits per heavy atom. The monoisotopic (exact) mass is 272 g/mol. The van der Waals surface area contributed by atoms with E-state index >= 15 is 0 Å². The first-order valence-electron chi connectivity index (χ1n) is 2.63. The van der Waals surface area contributed by atoms with E-state index in [1.807, 2.05) is 0 Å². The van der Waals surface area contributed by atoms with Crippen LogP contribution in [0, 0.1) is 5.82 Å². The van der Waals surface area contributed by atoms with E-state index in [1.165, 1.54) is 12.1 Å². The molecule has 0 N–H and O–H groups in total. The summed E-state index contributed by atoms with van der Waals surface area (Å²) in [6, 6.07) is 7.94. The van der Waals surface area contributed by atoms with Crippen molar-refractivity contribution >= 4 is 34.2 Å². The number of hydrogen-bond acceptors (Lipinski definition) is 0. The third-order valence-corrected chi connectivity index (χ3v) is 0.733. The number of benzene rings is 1. The van der Waals surface area contributed by atoms with E-state index in [1.54, 1.807) is 18.2 Å². The maximum atomic E-state index is 11.9. The van der Waals surface area contributed by atoms with Crippen LogP contribution in [0.3, 0.4) is 0 Å². The minimum absolute atomic E-state index is 0.178. The van der Waals surface area contributed by atoms with Crippen molar-refractivity contribution in [2.45, 2.75) is 0 Å². The van der Waals surface area contributed by atoms with E-state index in [-0.39, 0.29) is 5.82 Å². The van der Waals surface area contributed by atoms with Crippen molar-refractivity contribution in [3.8, 4) is 0 Å². The standard InChI is InChI=1S/C6H5F.CH2ClI/c7-6-4-2-1-3-5-6;2-1-3/h1-5H;1H2. The van der Waals surface area contributed by atoms with Crippen molar-refractivity contribution < 1.29 is 4.39 Å². The van der Waals surface area contributed by atoms with Crippen LogP contribution in [0.15, 0.2) is 30.3 Å². The van der Waals surface area contributed by atoms with Crippen LogP contribution in [-0.2, 0) is 0 Å². The molecule has 1 aromatic rings. The quantitative estimate of drug-likeness (QED) is 0.501. The summed E-state index contributed by atoms with van der Waals surface area (Å²) in [6.45, 7) is 0. The first-order chi connectivity index (χ1) is 4.81. The normalized spacial score (nSPS) is 7.90. The van der Waals surface area contributed by atoms with Crippen LogP contribution in [0.2, 0.25) is 0 Å². The number of rotatable bonds is 0. The Morgan fingerprint density at radius 1 is 1.30 bits per heavy atom. The van der Waals surface area contributed by atoms with Crippen LogP contribution in [0.4, 0.5) is 4.39 Å². The van der Waals surface area contributed by atoms with Crippen molar-refractivity contribution in [2.75, 3.05) is 3.89 Å². The number of halogens is 3. The SMILES string of the molecule is ClCI.Fc1ccccc1. The second-order valence-electron chi connectivity index (χ2n) is 1.40. The summed E-state index contributed by atoms with van der Waals surface area (Å²) in [5, 5.41) is 0. The van der Waals surface area contributed by atoms with Gasteiger partial charge < -0.3 is 0 Å². The first kappa shape index (κ1) is 10.2. The summed E-state index contributed by atoms with van der Waals surface area (Å²) >= 11 is 7.04. The molecule has 0 saturated carbocycles. The molecule has 0 unspecified atom stereocenters. The molecule has 1 aromatic carbocycles. The van der Waals surface area contributed by atoms with Crippen LogP contribution in [0.1, 0.15) is 0 Å². The average Bonchev–Trinajstić information content (AvgIpc) is 1.91. The molecule has 1 rings (SSSR count). The Kier molecular flexibility index (Phi) is 7.40. The van der Waals surface area contributed by atoms with Gasteiger partial charge in [0.15, 0.2) is 0 Å². The van der Waals surface area contributed by atoms with Crippen molar-refractivity contribution in [1.29, 1.82) is 0 Å². The van der Waals surface area contributed by atoms with Gasteiger partial charge in [-0.3, -0.25) is 0 Å². The fourth-order valence-electron chi connectivity index (χ4n) is 0.415. The van der Waals surface area contributed by atoms with Gasteiger partial charge in [-0.2, -0.15) is 0 Å². The van der Waals surface area contributed by atoms with Gasteiger partial charge in [0.1, 0.15) is 5.82 Å². The topological polar surface area (TPSA) is 0 Å². The van der Waals surface area contributed by atoms with E-state index < -0.39 is 0 Å². The smallest absolute Gasteiger partial charge is 0.123 e. The molecule has 0 nitrogen and oxygen atoms in total. The highest BCUT2D eigenvalue weighted by molar-refractivity contribution is 14.1. The zero-order chi connectivity index (χ0) is 7.82. The van der Waals surface area contributed by atoms with Gasteiger partial charge in [-0.1, -0.05) is 40.8 Å². The van der Waals surface area contributed by atoms with Gasteiger partial charge in [-0.25, -0.2) is 4.39 Å².